The van der Waals surface area contributed by atoms with Crippen LogP contribution in [0.3, 0.4) is 0 Å². The number of benzene rings is 3. The van der Waals surface area contributed by atoms with E-state index in [0.717, 1.165) is 5.39 Å². The van der Waals surface area contributed by atoms with E-state index in [1.807, 2.05) is 25.1 Å². The van der Waals surface area contributed by atoms with E-state index in [1.165, 1.54) is 27.3 Å². The van der Waals surface area contributed by atoms with Gasteiger partial charge in [-0.15, -0.1) is 0 Å². The van der Waals surface area contributed by atoms with Crippen LogP contribution >= 0.6 is 0 Å². The number of likely N-dealkylation sites (N-methyl/N-ethyl adjacent to an activating group) is 1. The van der Waals surface area contributed by atoms with Crippen LogP contribution < -0.4 is 0 Å². The second-order valence-corrected chi connectivity index (χ2v) is 6.16. The predicted molar refractivity (Wildman–Crippen MR) is 99.6 cm³/mol. The fourth-order valence-electron chi connectivity index (χ4n) is 3.45. The van der Waals surface area contributed by atoms with E-state index in [9.17, 15) is 4.79 Å². The molecule has 3 rings (SSSR count). The fourth-order valence-corrected chi connectivity index (χ4v) is 3.45. The summed E-state index contributed by atoms with van der Waals surface area (Å²) in [4.78, 5) is 14.4. The minimum Gasteiger partial charge on any atom is -0.395 e. The molecule has 0 fully saturated rings. The maximum atomic E-state index is 12.7. The Balaban J connectivity index is 2.19. The van der Waals surface area contributed by atoms with Gasteiger partial charge < -0.3 is 10.0 Å². The third-order valence-corrected chi connectivity index (χ3v) is 4.85. The minimum atomic E-state index is -0.0290. The summed E-state index contributed by atoms with van der Waals surface area (Å²) in [5, 5.41) is 13.9. The van der Waals surface area contributed by atoms with Crippen LogP contribution in [0.5, 0.6) is 0 Å². The first-order valence-corrected chi connectivity index (χ1v) is 8.40. The molecule has 3 aromatic rings. The van der Waals surface area contributed by atoms with E-state index in [-0.39, 0.29) is 12.5 Å². The monoisotopic (exact) mass is 321 g/mol. The van der Waals surface area contributed by atoms with Gasteiger partial charge in [0.15, 0.2) is 0 Å². The number of nitrogens with zero attached hydrogens (tertiary/aromatic N) is 1. The van der Waals surface area contributed by atoms with Crippen LogP contribution in [0.1, 0.15) is 28.4 Å². The van der Waals surface area contributed by atoms with Gasteiger partial charge in [0.2, 0.25) is 0 Å². The Bertz CT molecular complexity index is 914. The zero-order valence-electron chi connectivity index (χ0n) is 14.5. The first-order valence-electron chi connectivity index (χ1n) is 8.40. The van der Waals surface area contributed by atoms with Gasteiger partial charge in [-0.25, -0.2) is 0 Å². The molecule has 0 aliphatic heterocycles. The van der Waals surface area contributed by atoms with Crippen molar-refractivity contribution < 1.29 is 9.90 Å². The van der Waals surface area contributed by atoms with Gasteiger partial charge >= 0.3 is 0 Å². The molecule has 0 heterocycles. The molecule has 0 aliphatic carbocycles. The summed E-state index contributed by atoms with van der Waals surface area (Å²) in [6.07, 6.45) is 0. The second-order valence-electron chi connectivity index (χ2n) is 6.16. The summed E-state index contributed by atoms with van der Waals surface area (Å²) in [7, 11) is 0. The molecule has 3 heteroatoms. The van der Waals surface area contributed by atoms with Crippen molar-refractivity contribution in [3.63, 3.8) is 0 Å². The van der Waals surface area contributed by atoms with Gasteiger partial charge in [-0.1, -0.05) is 30.3 Å². The lowest BCUT2D eigenvalue weighted by Gasteiger charge is -2.20. The quantitative estimate of drug-likeness (QED) is 0.736. The van der Waals surface area contributed by atoms with Gasteiger partial charge in [0.25, 0.3) is 5.91 Å². The maximum absolute atomic E-state index is 12.7. The number of hydrogen-bond donors (Lipinski definition) is 1. The molecule has 1 N–H and O–H groups in total. The van der Waals surface area contributed by atoms with Gasteiger partial charge in [0.05, 0.1) is 6.61 Å². The number of amides is 1. The highest BCUT2D eigenvalue weighted by molar-refractivity contribution is 6.08. The van der Waals surface area contributed by atoms with E-state index >= 15 is 0 Å². The zero-order valence-corrected chi connectivity index (χ0v) is 14.5. The van der Waals surface area contributed by atoms with E-state index in [0.29, 0.717) is 18.7 Å². The van der Waals surface area contributed by atoms with Crippen molar-refractivity contribution in [2.45, 2.75) is 20.8 Å². The summed E-state index contributed by atoms with van der Waals surface area (Å²) in [5.41, 5.74) is 3.12. The Kier molecular flexibility index (Phi) is 4.54. The van der Waals surface area contributed by atoms with Crippen LogP contribution in [0, 0.1) is 13.8 Å². The van der Waals surface area contributed by atoms with Crippen LogP contribution in [-0.2, 0) is 0 Å². The molecule has 24 heavy (non-hydrogen) atoms. The van der Waals surface area contributed by atoms with Crippen molar-refractivity contribution in [2.24, 2.45) is 0 Å². The van der Waals surface area contributed by atoms with E-state index in [1.54, 1.807) is 4.90 Å². The normalized spacial score (nSPS) is 11.2. The Morgan fingerprint density at radius 1 is 0.958 bits per heavy atom. The van der Waals surface area contributed by atoms with Crippen molar-refractivity contribution in [2.75, 3.05) is 19.7 Å². The standard InChI is InChI=1S/C21H23NO2/c1-4-22(11-12-23)21(24)16-9-10-19-14(2)17-7-5-6-8-18(17)15(3)20(19)13-16/h5-10,13,23H,4,11-12H2,1-3H3. The summed E-state index contributed by atoms with van der Waals surface area (Å²) in [6, 6.07) is 14.3. The summed E-state index contributed by atoms with van der Waals surface area (Å²) < 4.78 is 0. The Morgan fingerprint density at radius 3 is 2.12 bits per heavy atom. The van der Waals surface area contributed by atoms with Crippen molar-refractivity contribution in [3.05, 3.63) is 59.2 Å². The molecule has 124 valence electrons. The van der Waals surface area contributed by atoms with Crippen molar-refractivity contribution in [1.82, 2.24) is 4.90 Å². The lowest BCUT2D eigenvalue weighted by Crippen LogP contribution is -2.33. The molecule has 0 saturated carbocycles. The van der Waals surface area contributed by atoms with Gasteiger partial charge in [0, 0.05) is 18.7 Å². The molecule has 1 amide bonds. The van der Waals surface area contributed by atoms with E-state index < -0.39 is 0 Å². The summed E-state index contributed by atoms with van der Waals surface area (Å²) in [6.45, 7) is 7.11. The molecule has 3 nitrogen and oxygen atoms in total. The second kappa shape index (κ2) is 6.62. The third kappa shape index (κ3) is 2.65. The largest absolute Gasteiger partial charge is 0.395 e. The summed E-state index contributed by atoms with van der Waals surface area (Å²) in [5.74, 6) is -0.0290. The number of aliphatic hydroxyl groups is 1. The molecule has 3 aromatic carbocycles. The molecule has 0 aliphatic rings. The number of rotatable bonds is 4. The average molecular weight is 321 g/mol. The molecular formula is C21H23NO2. The van der Waals surface area contributed by atoms with Crippen molar-refractivity contribution in [3.8, 4) is 0 Å². The number of fused-ring (bicyclic) bond motifs is 2. The number of carbonyl (C=O) groups excluding carboxylic acids is 1. The first-order chi connectivity index (χ1) is 11.6. The van der Waals surface area contributed by atoms with Gasteiger partial charge in [-0.05, 0) is 65.6 Å². The van der Waals surface area contributed by atoms with Gasteiger partial charge in [-0.2, -0.15) is 0 Å². The molecule has 0 atom stereocenters. The van der Waals surface area contributed by atoms with Crippen molar-refractivity contribution in [1.29, 1.82) is 0 Å². The molecule has 0 saturated heterocycles. The highest BCUT2D eigenvalue weighted by Gasteiger charge is 2.16. The zero-order chi connectivity index (χ0) is 17.3. The molecule has 0 aromatic heterocycles. The number of carbonyl (C=O) groups is 1. The number of aryl methyl sites for hydroxylation is 2. The maximum Gasteiger partial charge on any atom is 0.253 e. The van der Waals surface area contributed by atoms with E-state index in [2.05, 4.69) is 38.1 Å². The molecule has 0 bridgehead atoms. The minimum absolute atomic E-state index is 0.0179. The topological polar surface area (TPSA) is 40.5 Å². The molecule has 0 unspecified atom stereocenters. The molecule has 0 radical (unpaired) electrons. The lowest BCUT2D eigenvalue weighted by molar-refractivity contribution is 0.0732. The highest BCUT2D eigenvalue weighted by Crippen LogP contribution is 2.32. The highest BCUT2D eigenvalue weighted by atomic mass is 16.3. The Morgan fingerprint density at radius 2 is 1.54 bits per heavy atom. The Labute approximate surface area is 142 Å². The number of aliphatic hydroxyl groups excluding tert-OH is 1. The first kappa shape index (κ1) is 16.5. The summed E-state index contributed by atoms with van der Waals surface area (Å²) >= 11 is 0. The third-order valence-electron chi connectivity index (χ3n) is 4.85. The van der Waals surface area contributed by atoms with Crippen LogP contribution in [0.2, 0.25) is 0 Å². The lowest BCUT2D eigenvalue weighted by atomic mass is 9.92. The van der Waals surface area contributed by atoms with Crippen LogP contribution in [0.25, 0.3) is 21.5 Å². The molecule has 0 spiro atoms. The van der Waals surface area contributed by atoms with Gasteiger partial charge in [0.1, 0.15) is 0 Å². The van der Waals surface area contributed by atoms with Crippen LogP contribution in [-0.4, -0.2) is 35.6 Å². The van der Waals surface area contributed by atoms with E-state index in [4.69, 9.17) is 5.11 Å². The predicted octanol–water partition coefficient (Wildman–Crippen LogP) is 4.06. The smallest absolute Gasteiger partial charge is 0.253 e. The molecular weight excluding hydrogens is 298 g/mol. The fraction of sp³-hybridized carbons (Fsp3) is 0.286. The number of hydrogen-bond acceptors (Lipinski definition) is 2. The Hall–Kier alpha value is -2.39. The van der Waals surface area contributed by atoms with Crippen LogP contribution in [0.15, 0.2) is 42.5 Å². The van der Waals surface area contributed by atoms with Crippen molar-refractivity contribution >= 4 is 27.5 Å². The SMILES string of the molecule is CCN(CCO)C(=O)c1ccc2c(C)c3ccccc3c(C)c2c1. The van der Waals surface area contributed by atoms with Crippen LogP contribution in [0.4, 0.5) is 0 Å². The van der Waals surface area contributed by atoms with Gasteiger partial charge in [-0.3, -0.25) is 4.79 Å². The average Bonchev–Trinajstić information content (AvgIpc) is 2.63.